The van der Waals surface area contributed by atoms with Crippen LogP contribution < -0.4 is 5.73 Å². The SMILES string of the molecule is CCOC(=O)CN(CC(N)=O)C(C)C. The summed E-state index contributed by atoms with van der Waals surface area (Å²) >= 11 is 0. The van der Waals surface area contributed by atoms with Gasteiger partial charge in [0.25, 0.3) is 0 Å². The van der Waals surface area contributed by atoms with E-state index in [0.717, 1.165) is 0 Å². The molecule has 0 fully saturated rings. The molecule has 0 unspecified atom stereocenters. The molecule has 0 aliphatic rings. The molecule has 2 N–H and O–H groups in total. The summed E-state index contributed by atoms with van der Waals surface area (Å²) in [4.78, 5) is 23.5. The molecule has 0 rings (SSSR count). The summed E-state index contributed by atoms with van der Waals surface area (Å²) in [5.74, 6) is -0.773. The van der Waals surface area contributed by atoms with E-state index in [1.807, 2.05) is 13.8 Å². The summed E-state index contributed by atoms with van der Waals surface area (Å²) in [6, 6.07) is 0.0897. The number of carbonyl (C=O) groups is 2. The summed E-state index contributed by atoms with van der Waals surface area (Å²) in [6.45, 7) is 6.06. The van der Waals surface area contributed by atoms with E-state index in [1.165, 1.54) is 0 Å². The third-order valence-electron chi connectivity index (χ3n) is 1.73. The highest BCUT2D eigenvalue weighted by atomic mass is 16.5. The van der Waals surface area contributed by atoms with Crippen molar-refractivity contribution in [3.63, 3.8) is 0 Å². The van der Waals surface area contributed by atoms with E-state index < -0.39 is 5.91 Å². The maximum atomic E-state index is 11.1. The average Bonchev–Trinajstić information content (AvgIpc) is 2.02. The first kappa shape index (κ1) is 12.9. The Kier molecular flexibility index (Phi) is 5.87. The highest BCUT2D eigenvalue weighted by molar-refractivity contribution is 5.77. The number of amides is 1. The number of rotatable bonds is 6. The van der Waals surface area contributed by atoms with Gasteiger partial charge in [0.05, 0.1) is 19.7 Å². The number of nitrogens with two attached hydrogens (primary N) is 1. The van der Waals surface area contributed by atoms with Crippen LogP contribution in [0.25, 0.3) is 0 Å². The van der Waals surface area contributed by atoms with Crippen molar-refractivity contribution >= 4 is 11.9 Å². The van der Waals surface area contributed by atoms with Gasteiger partial charge in [-0.25, -0.2) is 0 Å². The van der Waals surface area contributed by atoms with Gasteiger partial charge in [-0.15, -0.1) is 0 Å². The third-order valence-corrected chi connectivity index (χ3v) is 1.73. The summed E-state index contributed by atoms with van der Waals surface area (Å²) in [7, 11) is 0. The number of primary amides is 1. The Morgan fingerprint density at radius 3 is 2.29 bits per heavy atom. The molecule has 0 bridgehead atoms. The van der Waals surface area contributed by atoms with Gasteiger partial charge in [0.2, 0.25) is 5.91 Å². The van der Waals surface area contributed by atoms with Gasteiger partial charge >= 0.3 is 5.97 Å². The Morgan fingerprint density at radius 1 is 1.36 bits per heavy atom. The maximum Gasteiger partial charge on any atom is 0.320 e. The second kappa shape index (κ2) is 6.37. The fourth-order valence-corrected chi connectivity index (χ4v) is 0.994. The van der Waals surface area contributed by atoms with Crippen molar-refractivity contribution in [3.05, 3.63) is 0 Å². The zero-order chi connectivity index (χ0) is 11.1. The fraction of sp³-hybridized carbons (Fsp3) is 0.778. The van der Waals surface area contributed by atoms with Crippen LogP contribution in [0.15, 0.2) is 0 Å². The lowest BCUT2D eigenvalue weighted by molar-refractivity contribution is -0.145. The van der Waals surface area contributed by atoms with Crippen molar-refractivity contribution in [3.8, 4) is 0 Å². The van der Waals surface area contributed by atoms with E-state index >= 15 is 0 Å². The first-order chi connectivity index (χ1) is 6.47. The largest absolute Gasteiger partial charge is 0.465 e. The Balaban J connectivity index is 4.09. The van der Waals surface area contributed by atoms with Crippen LogP contribution in [-0.4, -0.2) is 42.5 Å². The lowest BCUT2D eigenvalue weighted by Crippen LogP contribution is -2.42. The molecular weight excluding hydrogens is 184 g/mol. The number of hydrogen-bond donors (Lipinski definition) is 1. The number of carbonyl (C=O) groups excluding carboxylic acids is 2. The van der Waals surface area contributed by atoms with Crippen LogP contribution in [0.4, 0.5) is 0 Å². The van der Waals surface area contributed by atoms with Crippen LogP contribution >= 0.6 is 0 Å². The molecule has 0 saturated heterocycles. The van der Waals surface area contributed by atoms with E-state index in [4.69, 9.17) is 10.5 Å². The van der Waals surface area contributed by atoms with Gasteiger partial charge in [-0.3, -0.25) is 14.5 Å². The summed E-state index contributed by atoms with van der Waals surface area (Å²) < 4.78 is 4.77. The summed E-state index contributed by atoms with van der Waals surface area (Å²) in [6.07, 6.45) is 0. The second-order valence-electron chi connectivity index (χ2n) is 3.27. The van der Waals surface area contributed by atoms with Crippen molar-refractivity contribution in [2.24, 2.45) is 5.73 Å². The van der Waals surface area contributed by atoms with Crippen molar-refractivity contribution in [2.75, 3.05) is 19.7 Å². The van der Waals surface area contributed by atoms with Crippen LogP contribution in [0, 0.1) is 0 Å². The smallest absolute Gasteiger partial charge is 0.320 e. The van der Waals surface area contributed by atoms with E-state index in [-0.39, 0.29) is 25.1 Å². The second-order valence-corrected chi connectivity index (χ2v) is 3.27. The lowest BCUT2D eigenvalue weighted by atomic mass is 10.3. The van der Waals surface area contributed by atoms with Crippen molar-refractivity contribution < 1.29 is 14.3 Å². The molecule has 0 radical (unpaired) electrons. The third kappa shape index (κ3) is 5.53. The van der Waals surface area contributed by atoms with Crippen molar-refractivity contribution in [1.82, 2.24) is 4.90 Å². The number of esters is 1. The Labute approximate surface area is 84.2 Å². The van der Waals surface area contributed by atoms with Crippen LogP contribution in [0.3, 0.4) is 0 Å². The minimum absolute atomic E-state index is 0.0798. The quantitative estimate of drug-likeness (QED) is 0.602. The molecule has 0 aromatic carbocycles. The van der Waals surface area contributed by atoms with Gasteiger partial charge in [0.1, 0.15) is 0 Å². The molecule has 0 saturated carbocycles. The van der Waals surface area contributed by atoms with Crippen LogP contribution in [-0.2, 0) is 14.3 Å². The van der Waals surface area contributed by atoms with Crippen LogP contribution in [0.1, 0.15) is 20.8 Å². The predicted octanol–water partition coefficient (Wildman–Crippen LogP) is -0.255. The average molecular weight is 202 g/mol. The minimum atomic E-state index is -0.442. The monoisotopic (exact) mass is 202 g/mol. The van der Waals surface area contributed by atoms with Crippen molar-refractivity contribution in [2.45, 2.75) is 26.8 Å². The lowest BCUT2D eigenvalue weighted by Gasteiger charge is -2.23. The number of hydrogen-bond acceptors (Lipinski definition) is 4. The molecule has 1 amide bonds. The zero-order valence-electron chi connectivity index (χ0n) is 8.95. The van der Waals surface area contributed by atoms with Gasteiger partial charge in [0.15, 0.2) is 0 Å². The van der Waals surface area contributed by atoms with Gasteiger partial charge in [-0.1, -0.05) is 0 Å². The highest BCUT2D eigenvalue weighted by Gasteiger charge is 2.16. The minimum Gasteiger partial charge on any atom is -0.465 e. The molecule has 14 heavy (non-hydrogen) atoms. The Hall–Kier alpha value is -1.10. The molecule has 0 aliphatic carbocycles. The van der Waals surface area contributed by atoms with Crippen LogP contribution in [0.5, 0.6) is 0 Å². The molecule has 0 aromatic rings. The summed E-state index contributed by atoms with van der Waals surface area (Å²) in [5.41, 5.74) is 5.05. The first-order valence-corrected chi connectivity index (χ1v) is 4.65. The standard InChI is InChI=1S/C9H18N2O3/c1-4-14-9(13)6-11(7(2)3)5-8(10)12/h7H,4-6H2,1-3H3,(H2,10,12). The van der Waals surface area contributed by atoms with Gasteiger partial charge in [-0.2, -0.15) is 0 Å². The Bertz CT molecular complexity index is 204. The molecule has 0 heterocycles. The molecular formula is C9H18N2O3. The van der Waals surface area contributed by atoms with Crippen molar-refractivity contribution in [1.29, 1.82) is 0 Å². The van der Waals surface area contributed by atoms with E-state index in [1.54, 1.807) is 11.8 Å². The molecule has 0 spiro atoms. The molecule has 0 atom stereocenters. The molecule has 5 nitrogen and oxygen atoms in total. The van der Waals surface area contributed by atoms with E-state index in [9.17, 15) is 9.59 Å². The normalized spacial score (nSPS) is 10.6. The van der Waals surface area contributed by atoms with Gasteiger partial charge in [-0.05, 0) is 20.8 Å². The predicted molar refractivity (Wildman–Crippen MR) is 52.5 cm³/mol. The van der Waals surface area contributed by atoms with E-state index in [0.29, 0.717) is 6.61 Å². The highest BCUT2D eigenvalue weighted by Crippen LogP contribution is 1.97. The fourth-order valence-electron chi connectivity index (χ4n) is 0.994. The molecule has 82 valence electrons. The molecule has 0 aromatic heterocycles. The topological polar surface area (TPSA) is 72.6 Å². The molecule has 0 aliphatic heterocycles. The Morgan fingerprint density at radius 2 is 1.93 bits per heavy atom. The number of nitrogens with zero attached hydrogens (tertiary/aromatic N) is 1. The van der Waals surface area contributed by atoms with Gasteiger partial charge < -0.3 is 10.5 Å². The van der Waals surface area contributed by atoms with Gasteiger partial charge in [0, 0.05) is 6.04 Å². The first-order valence-electron chi connectivity index (χ1n) is 4.65. The molecule has 5 heteroatoms. The summed E-state index contributed by atoms with van der Waals surface area (Å²) in [5, 5.41) is 0. The maximum absolute atomic E-state index is 11.1. The van der Waals surface area contributed by atoms with E-state index in [2.05, 4.69) is 0 Å². The van der Waals surface area contributed by atoms with Crippen LogP contribution in [0.2, 0.25) is 0 Å². The zero-order valence-corrected chi connectivity index (χ0v) is 8.95. The number of ether oxygens (including phenoxy) is 1.